The van der Waals surface area contributed by atoms with Crippen LogP contribution in [0.2, 0.25) is 5.02 Å². The summed E-state index contributed by atoms with van der Waals surface area (Å²) >= 11 is 5.95. The minimum absolute atomic E-state index is 0.0311. The molecule has 1 aromatic carbocycles. The van der Waals surface area contributed by atoms with Gasteiger partial charge in [-0.3, -0.25) is 14.7 Å². The minimum atomic E-state index is 0.0311. The number of nitrogens with zero attached hydrogens (tertiary/aromatic N) is 3. The van der Waals surface area contributed by atoms with Crippen LogP contribution in [-0.2, 0) is 12.8 Å². The van der Waals surface area contributed by atoms with Gasteiger partial charge in [-0.25, -0.2) is 0 Å². The SMILES string of the molecule is O=C(c1cncc(Cl)c1)N1CCN([C@@H]2CCc3ccccc3C2)CC1. The summed E-state index contributed by atoms with van der Waals surface area (Å²) in [6.07, 6.45) is 6.65. The molecule has 0 N–H and O–H groups in total. The standard InChI is InChI=1S/C20H22ClN3O/c21-18-11-17(13-22-14-18)20(25)24-9-7-23(8-10-24)19-6-5-15-3-1-2-4-16(15)12-19/h1-4,11,13-14,19H,5-10,12H2/t19-/m1/s1. The van der Waals surface area contributed by atoms with Crippen LogP contribution in [0.3, 0.4) is 0 Å². The number of rotatable bonds is 2. The maximum Gasteiger partial charge on any atom is 0.255 e. The maximum atomic E-state index is 12.6. The van der Waals surface area contributed by atoms with Gasteiger partial charge in [-0.1, -0.05) is 35.9 Å². The van der Waals surface area contributed by atoms with Gasteiger partial charge in [-0.15, -0.1) is 0 Å². The summed E-state index contributed by atoms with van der Waals surface area (Å²) in [7, 11) is 0. The Hall–Kier alpha value is -1.91. The van der Waals surface area contributed by atoms with Crippen LogP contribution >= 0.6 is 11.6 Å². The topological polar surface area (TPSA) is 36.4 Å². The summed E-state index contributed by atoms with van der Waals surface area (Å²) in [5.74, 6) is 0.0311. The number of aryl methyl sites for hydroxylation is 1. The molecule has 1 amide bonds. The van der Waals surface area contributed by atoms with Crippen LogP contribution in [0.25, 0.3) is 0 Å². The first-order chi connectivity index (χ1) is 12.2. The normalized spacial score (nSPS) is 21.0. The Bertz CT molecular complexity index is 771. The summed E-state index contributed by atoms with van der Waals surface area (Å²) < 4.78 is 0. The van der Waals surface area contributed by atoms with E-state index >= 15 is 0 Å². The highest BCUT2D eigenvalue weighted by Gasteiger charge is 2.29. The zero-order valence-electron chi connectivity index (χ0n) is 14.2. The van der Waals surface area contributed by atoms with Crippen LogP contribution in [0, 0.1) is 0 Å². The van der Waals surface area contributed by atoms with Crippen molar-refractivity contribution in [1.82, 2.24) is 14.8 Å². The quantitative estimate of drug-likeness (QED) is 0.830. The van der Waals surface area contributed by atoms with E-state index < -0.39 is 0 Å². The summed E-state index contributed by atoms with van der Waals surface area (Å²) in [5, 5.41) is 0.505. The number of halogens is 1. The number of carbonyl (C=O) groups is 1. The first-order valence-electron chi connectivity index (χ1n) is 8.91. The fourth-order valence-electron chi connectivity index (χ4n) is 3.99. The van der Waals surface area contributed by atoms with Gasteiger partial charge >= 0.3 is 0 Å². The van der Waals surface area contributed by atoms with Crippen molar-refractivity contribution < 1.29 is 4.79 Å². The molecule has 2 heterocycles. The van der Waals surface area contributed by atoms with Gasteiger partial charge < -0.3 is 4.90 Å². The molecule has 4 nitrogen and oxygen atoms in total. The zero-order valence-corrected chi connectivity index (χ0v) is 15.0. The molecule has 0 unspecified atom stereocenters. The minimum Gasteiger partial charge on any atom is -0.336 e. The predicted molar refractivity (Wildman–Crippen MR) is 99.0 cm³/mol. The summed E-state index contributed by atoms with van der Waals surface area (Å²) in [6.45, 7) is 3.41. The van der Waals surface area contributed by atoms with Crippen LogP contribution in [0.15, 0.2) is 42.7 Å². The number of fused-ring (bicyclic) bond motifs is 1. The molecule has 1 aliphatic heterocycles. The van der Waals surface area contributed by atoms with E-state index in [1.165, 1.54) is 17.5 Å². The molecular formula is C20H22ClN3O. The Morgan fingerprint density at radius 1 is 1.08 bits per heavy atom. The van der Waals surface area contributed by atoms with Gasteiger partial charge in [-0.2, -0.15) is 0 Å². The molecule has 0 radical (unpaired) electrons. The lowest BCUT2D eigenvalue weighted by Crippen LogP contribution is -2.53. The number of aromatic nitrogens is 1. The van der Waals surface area contributed by atoms with E-state index in [0.717, 1.165) is 39.0 Å². The van der Waals surface area contributed by atoms with Crippen LogP contribution < -0.4 is 0 Å². The Morgan fingerprint density at radius 3 is 2.60 bits per heavy atom. The van der Waals surface area contributed by atoms with Crippen molar-refractivity contribution in [3.05, 3.63) is 64.4 Å². The van der Waals surface area contributed by atoms with Crippen LogP contribution in [0.5, 0.6) is 0 Å². The smallest absolute Gasteiger partial charge is 0.255 e. The Balaban J connectivity index is 1.37. The van der Waals surface area contributed by atoms with Crippen LogP contribution in [0.4, 0.5) is 0 Å². The third-order valence-corrected chi connectivity index (χ3v) is 5.60. The number of piperazine rings is 1. The number of carbonyl (C=O) groups excluding carboxylic acids is 1. The lowest BCUT2D eigenvalue weighted by atomic mass is 9.87. The third kappa shape index (κ3) is 3.55. The fraction of sp³-hybridized carbons (Fsp3) is 0.400. The van der Waals surface area contributed by atoms with E-state index in [4.69, 9.17) is 11.6 Å². The first-order valence-corrected chi connectivity index (χ1v) is 9.29. The number of pyridine rings is 1. The predicted octanol–water partition coefficient (Wildman–Crippen LogP) is 3.05. The molecule has 2 aromatic rings. The number of amides is 1. The van der Waals surface area contributed by atoms with Gasteiger partial charge in [0.1, 0.15) is 0 Å². The van der Waals surface area contributed by atoms with Crippen molar-refractivity contribution in [1.29, 1.82) is 0 Å². The van der Waals surface area contributed by atoms with Crippen LogP contribution in [-0.4, -0.2) is 52.9 Å². The van der Waals surface area contributed by atoms with E-state index in [2.05, 4.69) is 34.1 Å². The number of hydrogen-bond acceptors (Lipinski definition) is 3. The van der Waals surface area contributed by atoms with E-state index in [1.807, 2.05) is 4.90 Å². The molecular weight excluding hydrogens is 334 g/mol. The van der Waals surface area contributed by atoms with Crippen molar-refractivity contribution in [2.75, 3.05) is 26.2 Å². The van der Waals surface area contributed by atoms with Gasteiger partial charge in [0.2, 0.25) is 0 Å². The van der Waals surface area contributed by atoms with E-state index in [-0.39, 0.29) is 5.91 Å². The second-order valence-electron chi connectivity index (χ2n) is 6.89. The highest BCUT2D eigenvalue weighted by molar-refractivity contribution is 6.30. The van der Waals surface area contributed by atoms with Crippen molar-refractivity contribution in [2.24, 2.45) is 0 Å². The molecule has 1 fully saturated rings. The second kappa shape index (κ2) is 7.14. The molecule has 0 bridgehead atoms. The van der Waals surface area contributed by atoms with Gasteiger partial charge in [0, 0.05) is 44.6 Å². The van der Waals surface area contributed by atoms with Gasteiger partial charge in [0.25, 0.3) is 5.91 Å². The Kier molecular flexibility index (Phi) is 4.73. The summed E-state index contributed by atoms with van der Waals surface area (Å²) in [4.78, 5) is 21.1. The third-order valence-electron chi connectivity index (χ3n) is 5.39. The molecule has 2 aliphatic rings. The monoisotopic (exact) mass is 355 g/mol. The van der Waals surface area contributed by atoms with Crippen molar-refractivity contribution in [3.63, 3.8) is 0 Å². The van der Waals surface area contributed by atoms with Crippen molar-refractivity contribution >= 4 is 17.5 Å². The fourth-order valence-corrected chi connectivity index (χ4v) is 4.17. The largest absolute Gasteiger partial charge is 0.336 e. The van der Waals surface area contributed by atoms with Crippen molar-refractivity contribution in [3.8, 4) is 0 Å². The molecule has 0 saturated carbocycles. The summed E-state index contributed by atoms with van der Waals surface area (Å²) in [5.41, 5.74) is 3.57. The molecule has 5 heteroatoms. The second-order valence-corrected chi connectivity index (χ2v) is 7.32. The Morgan fingerprint density at radius 2 is 1.84 bits per heavy atom. The highest BCUT2D eigenvalue weighted by Crippen LogP contribution is 2.25. The number of hydrogen-bond donors (Lipinski definition) is 0. The zero-order chi connectivity index (χ0) is 17.2. The van der Waals surface area contributed by atoms with Crippen molar-refractivity contribution in [2.45, 2.75) is 25.3 Å². The Labute approximate surface area is 153 Å². The molecule has 0 spiro atoms. The van der Waals surface area contributed by atoms with Crippen LogP contribution in [0.1, 0.15) is 27.9 Å². The molecule has 25 heavy (non-hydrogen) atoms. The molecule has 1 atom stereocenters. The van der Waals surface area contributed by atoms with Gasteiger partial charge in [-0.05, 0) is 36.5 Å². The molecule has 1 saturated heterocycles. The maximum absolute atomic E-state index is 12.6. The molecule has 1 aromatic heterocycles. The average molecular weight is 356 g/mol. The van der Waals surface area contributed by atoms with E-state index in [0.29, 0.717) is 16.6 Å². The lowest BCUT2D eigenvalue weighted by molar-refractivity contribution is 0.0552. The average Bonchev–Trinajstić information content (AvgIpc) is 2.67. The molecule has 4 rings (SSSR count). The molecule has 1 aliphatic carbocycles. The van der Waals surface area contributed by atoms with E-state index in [9.17, 15) is 4.79 Å². The van der Waals surface area contributed by atoms with E-state index in [1.54, 1.807) is 18.5 Å². The van der Waals surface area contributed by atoms with Gasteiger partial charge in [0.15, 0.2) is 0 Å². The van der Waals surface area contributed by atoms with Gasteiger partial charge in [0.05, 0.1) is 10.6 Å². The molecule has 130 valence electrons. The first kappa shape index (κ1) is 16.6. The number of benzene rings is 1. The lowest BCUT2D eigenvalue weighted by Gasteiger charge is -2.41. The summed E-state index contributed by atoms with van der Waals surface area (Å²) in [6, 6.07) is 11.1. The highest BCUT2D eigenvalue weighted by atomic mass is 35.5.